The monoisotopic (exact) mass is 207 g/mol. The van der Waals surface area contributed by atoms with Gasteiger partial charge < -0.3 is 5.73 Å². The molecule has 0 bridgehead atoms. The van der Waals surface area contributed by atoms with Crippen molar-refractivity contribution in [2.75, 3.05) is 6.54 Å². The SMILES string of the molecule is NCCCCC1C/C=C\C=C/CCCC1. The van der Waals surface area contributed by atoms with E-state index in [-0.39, 0.29) is 0 Å². The quantitative estimate of drug-likeness (QED) is 0.697. The van der Waals surface area contributed by atoms with Gasteiger partial charge in [0.2, 0.25) is 0 Å². The van der Waals surface area contributed by atoms with Crippen LogP contribution in [0.5, 0.6) is 0 Å². The van der Waals surface area contributed by atoms with Gasteiger partial charge in [-0.3, -0.25) is 0 Å². The van der Waals surface area contributed by atoms with Crippen LogP contribution < -0.4 is 5.73 Å². The lowest BCUT2D eigenvalue weighted by atomic mass is 9.91. The summed E-state index contributed by atoms with van der Waals surface area (Å²) >= 11 is 0. The van der Waals surface area contributed by atoms with E-state index in [0.29, 0.717) is 0 Å². The molecule has 0 aliphatic heterocycles. The summed E-state index contributed by atoms with van der Waals surface area (Å²) in [7, 11) is 0. The number of hydrogen-bond acceptors (Lipinski definition) is 1. The third kappa shape index (κ3) is 6.51. The summed E-state index contributed by atoms with van der Waals surface area (Å²) in [5.41, 5.74) is 5.52. The molecule has 15 heavy (non-hydrogen) atoms. The van der Waals surface area contributed by atoms with Crippen molar-refractivity contribution in [3.8, 4) is 0 Å². The van der Waals surface area contributed by atoms with Gasteiger partial charge in [0.05, 0.1) is 0 Å². The van der Waals surface area contributed by atoms with Gasteiger partial charge in [-0.25, -0.2) is 0 Å². The van der Waals surface area contributed by atoms with Crippen LogP contribution >= 0.6 is 0 Å². The van der Waals surface area contributed by atoms with Crippen molar-refractivity contribution in [1.29, 1.82) is 0 Å². The highest BCUT2D eigenvalue weighted by molar-refractivity contribution is 5.03. The molecule has 1 nitrogen and oxygen atoms in total. The van der Waals surface area contributed by atoms with Crippen LogP contribution in [0.2, 0.25) is 0 Å². The number of allylic oxidation sites excluding steroid dienone is 4. The van der Waals surface area contributed by atoms with E-state index in [2.05, 4.69) is 24.3 Å². The maximum atomic E-state index is 5.52. The predicted octanol–water partition coefficient (Wildman–Crippen LogP) is 3.81. The third-order valence-electron chi connectivity index (χ3n) is 3.15. The first-order valence-electron chi connectivity index (χ1n) is 6.45. The van der Waals surface area contributed by atoms with Crippen LogP contribution in [-0.2, 0) is 0 Å². The van der Waals surface area contributed by atoms with E-state index in [1.807, 2.05) is 0 Å². The molecule has 0 aromatic rings. The molecule has 0 fully saturated rings. The molecule has 1 unspecified atom stereocenters. The Bertz CT molecular complexity index is 194. The fourth-order valence-corrected chi connectivity index (χ4v) is 2.18. The molecule has 1 aliphatic carbocycles. The first-order chi connectivity index (χ1) is 7.43. The van der Waals surface area contributed by atoms with Gasteiger partial charge in [0.1, 0.15) is 0 Å². The van der Waals surface area contributed by atoms with Gasteiger partial charge in [0.15, 0.2) is 0 Å². The van der Waals surface area contributed by atoms with Crippen LogP contribution in [0.1, 0.15) is 51.4 Å². The van der Waals surface area contributed by atoms with Gasteiger partial charge in [-0.2, -0.15) is 0 Å². The lowest BCUT2D eigenvalue weighted by Crippen LogP contribution is -2.03. The highest BCUT2D eigenvalue weighted by Gasteiger charge is 2.06. The van der Waals surface area contributed by atoms with E-state index in [1.165, 1.54) is 51.4 Å². The molecule has 1 aliphatic rings. The summed E-state index contributed by atoms with van der Waals surface area (Å²) in [6, 6.07) is 0. The molecule has 1 atom stereocenters. The average Bonchev–Trinajstić information content (AvgIpc) is 2.27. The van der Waals surface area contributed by atoms with Crippen molar-refractivity contribution in [3.05, 3.63) is 24.3 Å². The van der Waals surface area contributed by atoms with Gasteiger partial charge in [0, 0.05) is 0 Å². The van der Waals surface area contributed by atoms with Crippen LogP contribution in [-0.4, -0.2) is 6.54 Å². The van der Waals surface area contributed by atoms with Crippen molar-refractivity contribution in [1.82, 2.24) is 0 Å². The lowest BCUT2D eigenvalue weighted by molar-refractivity contribution is 0.417. The molecule has 1 rings (SSSR count). The summed E-state index contributed by atoms with van der Waals surface area (Å²) < 4.78 is 0. The predicted molar refractivity (Wildman–Crippen MR) is 67.8 cm³/mol. The number of unbranched alkanes of at least 4 members (excludes halogenated alkanes) is 1. The molecule has 0 aromatic carbocycles. The topological polar surface area (TPSA) is 26.0 Å². The van der Waals surface area contributed by atoms with Crippen LogP contribution in [0, 0.1) is 5.92 Å². The zero-order chi connectivity index (χ0) is 10.8. The van der Waals surface area contributed by atoms with Gasteiger partial charge in [-0.05, 0) is 38.1 Å². The Labute approximate surface area is 94.4 Å². The summed E-state index contributed by atoms with van der Waals surface area (Å²) in [5.74, 6) is 0.902. The maximum Gasteiger partial charge on any atom is -0.00773 e. The molecular weight excluding hydrogens is 182 g/mol. The van der Waals surface area contributed by atoms with E-state index in [1.54, 1.807) is 0 Å². The highest BCUT2D eigenvalue weighted by atomic mass is 14.5. The summed E-state index contributed by atoms with van der Waals surface area (Å²) in [5, 5.41) is 0. The van der Waals surface area contributed by atoms with Crippen LogP contribution in [0.3, 0.4) is 0 Å². The Morgan fingerprint density at radius 3 is 2.80 bits per heavy atom. The maximum absolute atomic E-state index is 5.52. The molecule has 0 aromatic heterocycles. The zero-order valence-electron chi connectivity index (χ0n) is 9.83. The van der Waals surface area contributed by atoms with Gasteiger partial charge in [-0.1, -0.05) is 50.0 Å². The first kappa shape index (κ1) is 12.5. The molecule has 1 heteroatoms. The Kier molecular flexibility index (Phi) is 7.28. The van der Waals surface area contributed by atoms with E-state index >= 15 is 0 Å². The fraction of sp³-hybridized carbons (Fsp3) is 0.714. The molecule has 0 heterocycles. The summed E-state index contributed by atoms with van der Waals surface area (Å²) in [4.78, 5) is 0. The van der Waals surface area contributed by atoms with Crippen LogP contribution in [0.4, 0.5) is 0 Å². The van der Waals surface area contributed by atoms with Gasteiger partial charge >= 0.3 is 0 Å². The van der Waals surface area contributed by atoms with Crippen molar-refractivity contribution < 1.29 is 0 Å². The van der Waals surface area contributed by atoms with Crippen LogP contribution in [0.15, 0.2) is 24.3 Å². The molecule has 0 saturated carbocycles. The normalized spacial score (nSPS) is 27.1. The van der Waals surface area contributed by atoms with Crippen molar-refractivity contribution in [2.45, 2.75) is 51.4 Å². The highest BCUT2D eigenvalue weighted by Crippen LogP contribution is 2.21. The Hall–Kier alpha value is -0.560. The summed E-state index contributed by atoms with van der Waals surface area (Å²) in [6.07, 6.45) is 19.6. The first-order valence-corrected chi connectivity index (χ1v) is 6.45. The van der Waals surface area contributed by atoms with E-state index in [4.69, 9.17) is 5.73 Å². The van der Waals surface area contributed by atoms with E-state index in [9.17, 15) is 0 Å². The molecule has 2 N–H and O–H groups in total. The smallest absolute Gasteiger partial charge is 0.00773 e. The second-order valence-electron chi connectivity index (χ2n) is 4.53. The standard InChI is InChI=1S/C14H25N/c15-13-9-8-12-14-10-6-4-2-1-3-5-7-11-14/h1-2,4,6,14H,3,5,7-13,15H2/b2-1-,6-4-. The zero-order valence-corrected chi connectivity index (χ0v) is 9.83. The molecule has 0 amide bonds. The number of rotatable bonds is 4. The second-order valence-corrected chi connectivity index (χ2v) is 4.53. The third-order valence-corrected chi connectivity index (χ3v) is 3.15. The molecule has 86 valence electrons. The Morgan fingerprint density at radius 1 is 1.07 bits per heavy atom. The Balaban J connectivity index is 2.26. The van der Waals surface area contributed by atoms with E-state index < -0.39 is 0 Å². The van der Waals surface area contributed by atoms with Gasteiger partial charge in [-0.15, -0.1) is 0 Å². The molecule has 0 saturated heterocycles. The van der Waals surface area contributed by atoms with E-state index in [0.717, 1.165) is 12.5 Å². The minimum atomic E-state index is 0.852. The van der Waals surface area contributed by atoms with Crippen LogP contribution in [0.25, 0.3) is 0 Å². The minimum absolute atomic E-state index is 0.852. The summed E-state index contributed by atoms with van der Waals surface area (Å²) in [6.45, 7) is 0.852. The average molecular weight is 207 g/mol. The van der Waals surface area contributed by atoms with Gasteiger partial charge in [0.25, 0.3) is 0 Å². The Morgan fingerprint density at radius 2 is 1.93 bits per heavy atom. The minimum Gasteiger partial charge on any atom is -0.330 e. The van der Waals surface area contributed by atoms with Crippen molar-refractivity contribution >= 4 is 0 Å². The molecule has 0 spiro atoms. The second kappa shape index (κ2) is 8.72. The fourth-order valence-electron chi connectivity index (χ4n) is 2.18. The number of hydrogen-bond donors (Lipinski definition) is 1. The number of nitrogens with two attached hydrogens (primary N) is 1. The molecular formula is C14H25N. The van der Waals surface area contributed by atoms with Crippen molar-refractivity contribution in [3.63, 3.8) is 0 Å². The largest absolute Gasteiger partial charge is 0.330 e. The lowest BCUT2D eigenvalue weighted by Gasteiger charge is -2.15. The van der Waals surface area contributed by atoms with Crippen molar-refractivity contribution in [2.24, 2.45) is 11.7 Å². The molecule has 0 radical (unpaired) electrons.